The first-order chi connectivity index (χ1) is 17.5. The molecule has 0 spiro atoms. The number of hydrogen-bond donors (Lipinski definition) is 2. The van der Waals surface area contributed by atoms with Crippen LogP contribution in [-0.4, -0.2) is 54.7 Å². The summed E-state index contributed by atoms with van der Waals surface area (Å²) in [5, 5.41) is 21.1. The lowest BCUT2D eigenvalue weighted by Crippen LogP contribution is -2.33. The van der Waals surface area contributed by atoms with Crippen molar-refractivity contribution in [1.82, 2.24) is 24.9 Å². The molecule has 4 aromatic rings. The molecule has 1 saturated heterocycles. The highest BCUT2D eigenvalue weighted by molar-refractivity contribution is 5.71. The Labute approximate surface area is 203 Å². The lowest BCUT2D eigenvalue weighted by atomic mass is 10.0. The van der Waals surface area contributed by atoms with Gasteiger partial charge in [0.1, 0.15) is 29.6 Å². The maximum Gasteiger partial charge on any atom is 0.308 e. The van der Waals surface area contributed by atoms with Crippen molar-refractivity contribution in [2.75, 3.05) is 11.9 Å². The fourth-order valence-corrected chi connectivity index (χ4v) is 3.99. The Bertz CT molecular complexity index is 1360. The van der Waals surface area contributed by atoms with Crippen LogP contribution in [-0.2, 0) is 16.1 Å². The molecule has 1 aromatic carbocycles. The molecule has 36 heavy (non-hydrogen) atoms. The normalized spacial score (nSPS) is 17.7. The molecule has 4 heterocycles. The summed E-state index contributed by atoms with van der Waals surface area (Å²) in [5.74, 6) is -1.39. The molecule has 12 heteroatoms. The van der Waals surface area contributed by atoms with Gasteiger partial charge in [-0.1, -0.05) is 23.4 Å². The van der Waals surface area contributed by atoms with Crippen molar-refractivity contribution in [3.63, 3.8) is 0 Å². The molecule has 5 rings (SSSR count). The smallest absolute Gasteiger partial charge is 0.308 e. The van der Waals surface area contributed by atoms with Crippen LogP contribution in [0, 0.1) is 11.6 Å². The number of nitrogens with zero attached hydrogens (tertiary/aromatic N) is 5. The predicted octanol–water partition coefficient (Wildman–Crippen LogP) is 3.19. The number of aliphatic hydroxyl groups is 1. The largest absolute Gasteiger partial charge is 0.462 e. The number of nitrogens with one attached hydrogen (secondary N) is 1. The Hall–Kier alpha value is -4.19. The van der Waals surface area contributed by atoms with Gasteiger partial charge in [0.2, 0.25) is 0 Å². The number of carbonyl (C=O) groups excluding carboxylic acids is 1. The molecule has 2 atom stereocenters. The monoisotopic (exact) mass is 496 g/mol. The van der Waals surface area contributed by atoms with E-state index in [1.165, 1.54) is 12.3 Å². The number of rotatable bonds is 8. The van der Waals surface area contributed by atoms with Gasteiger partial charge in [-0.25, -0.2) is 18.7 Å². The molecule has 1 aliphatic heterocycles. The highest BCUT2D eigenvalue weighted by atomic mass is 19.1. The number of benzene rings is 1. The zero-order chi connectivity index (χ0) is 25.1. The van der Waals surface area contributed by atoms with Gasteiger partial charge in [-0.2, -0.15) is 5.10 Å². The molecule has 0 unspecified atom stereocenters. The van der Waals surface area contributed by atoms with Crippen molar-refractivity contribution in [2.24, 2.45) is 0 Å². The number of ether oxygens (including phenoxy) is 1. The molecule has 1 fully saturated rings. The van der Waals surface area contributed by atoms with Gasteiger partial charge < -0.3 is 19.7 Å². The summed E-state index contributed by atoms with van der Waals surface area (Å²) in [5.41, 5.74) is 1.78. The minimum absolute atomic E-state index is 0.0201. The number of anilines is 1. The maximum absolute atomic E-state index is 14.4. The van der Waals surface area contributed by atoms with E-state index in [1.807, 2.05) is 0 Å². The molecule has 2 N–H and O–H groups in total. The van der Waals surface area contributed by atoms with Crippen LogP contribution >= 0.6 is 0 Å². The van der Waals surface area contributed by atoms with E-state index in [2.05, 4.69) is 25.5 Å². The van der Waals surface area contributed by atoms with E-state index in [-0.39, 0.29) is 37.0 Å². The summed E-state index contributed by atoms with van der Waals surface area (Å²) in [7, 11) is 0. The van der Waals surface area contributed by atoms with E-state index in [0.29, 0.717) is 35.5 Å². The first kappa shape index (κ1) is 23.5. The number of carbonyl (C=O) groups is 1. The molecular formula is C24H22F2N6O4. The Kier molecular flexibility index (Phi) is 6.67. The number of aliphatic hydroxyl groups excluding tert-OH is 1. The van der Waals surface area contributed by atoms with Crippen LogP contribution < -0.4 is 5.32 Å². The Balaban J connectivity index is 1.37. The first-order valence-corrected chi connectivity index (χ1v) is 11.3. The highest BCUT2D eigenvalue weighted by Gasteiger charge is 2.27. The third kappa shape index (κ3) is 5.23. The van der Waals surface area contributed by atoms with Crippen molar-refractivity contribution in [1.29, 1.82) is 0 Å². The lowest BCUT2D eigenvalue weighted by Gasteiger charge is -2.25. The topological polar surface area (TPSA) is 128 Å². The van der Waals surface area contributed by atoms with E-state index in [9.17, 15) is 18.7 Å². The summed E-state index contributed by atoms with van der Waals surface area (Å²) in [6.45, 7) is 0.372. The molecular weight excluding hydrogens is 474 g/mol. The van der Waals surface area contributed by atoms with E-state index in [0.717, 1.165) is 6.20 Å². The number of halogens is 2. The minimum Gasteiger partial charge on any atom is -0.462 e. The molecule has 0 saturated carbocycles. The zero-order valence-corrected chi connectivity index (χ0v) is 19.0. The average molecular weight is 496 g/mol. The highest BCUT2D eigenvalue weighted by Crippen LogP contribution is 2.26. The van der Waals surface area contributed by atoms with E-state index >= 15 is 0 Å². The maximum atomic E-state index is 14.4. The van der Waals surface area contributed by atoms with E-state index in [4.69, 9.17) is 9.26 Å². The average Bonchev–Trinajstić information content (AvgIpc) is 3.51. The Morgan fingerprint density at radius 3 is 2.81 bits per heavy atom. The van der Waals surface area contributed by atoms with Crippen molar-refractivity contribution in [3.05, 3.63) is 66.1 Å². The van der Waals surface area contributed by atoms with Crippen molar-refractivity contribution in [2.45, 2.75) is 38.0 Å². The van der Waals surface area contributed by atoms with Crippen LogP contribution in [0.3, 0.4) is 0 Å². The summed E-state index contributed by atoms with van der Waals surface area (Å²) in [6, 6.07) is 9.67. The second-order valence-electron chi connectivity index (χ2n) is 8.36. The van der Waals surface area contributed by atoms with Crippen LogP contribution in [0.1, 0.15) is 24.8 Å². The van der Waals surface area contributed by atoms with Gasteiger partial charge in [0.15, 0.2) is 17.5 Å². The summed E-state index contributed by atoms with van der Waals surface area (Å²) in [6.07, 6.45) is 1.92. The van der Waals surface area contributed by atoms with Gasteiger partial charge in [-0.05, 0) is 12.1 Å². The molecule has 3 aromatic heterocycles. The first-order valence-electron chi connectivity index (χ1n) is 11.3. The summed E-state index contributed by atoms with van der Waals surface area (Å²) < 4.78 is 40.4. The molecule has 1 aliphatic rings. The molecule has 0 bridgehead atoms. The number of esters is 1. The molecule has 0 radical (unpaired) electrons. The number of aromatic nitrogens is 5. The summed E-state index contributed by atoms with van der Waals surface area (Å²) in [4.78, 5) is 19.8. The van der Waals surface area contributed by atoms with Crippen LogP contribution in [0.4, 0.5) is 14.6 Å². The molecule has 10 nitrogen and oxygen atoms in total. The van der Waals surface area contributed by atoms with E-state index in [1.54, 1.807) is 35.0 Å². The third-order valence-corrected chi connectivity index (χ3v) is 5.73. The number of cyclic esters (lactones) is 1. The van der Waals surface area contributed by atoms with Gasteiger partial charge in [-0.3, -0.25) is 9.48 Å². The van der Waals surface area contributed by atoms with Crippen molar-refractivity contribution in [3.8, 4) is 22.9 Å². The van der Waals surface area contributed by atoms with Gasteiger partial charge in [-0.15, -0.1) is 0 Å². The lowest BCUT2D eigenvalue weighted by molar-refractivity contribution is -0.160. The van der Waals surface area contributed by atoms with Crippen molar-refractivity contribution >= 4 is 11.8 Å². The molecule has 0 aliphatic carbocycles. The van der Waals surface area contributed by atoms with Crippen LogP contribution in [0.5, 0.6) is 0 Å². The van der Waals surface area contributed by atoms with Crippen LogP contribution in [0.2, 0.25) is 0 Å². The Morgan fingerprint density at radius 2 is 2.03 bits per heavy atom. The quantitative estimate of drug-likeness (QED) is 0.354. The van der Waals surface area contributed by atoms with E-state index < -0.39 is 24.0 Å². The van der Waals surface area contributed by atoms with Gasteiger partial charge in [0.05, 0.1) is 31.0 Å². The third-order valence-electron chi connectivity index (χ3n) is 5.73. The molecule has 186 valence electrons. The second kappa shape index (κ2) is 10.2. The standard InChI is InChI=1S/C24H22F2N6O4/c25-17-4-2-1-3-14(17)13-32-21(19-6-8-35-31-19)11-20(30-32)24-28-12-18(26)23(29-24)27-7-5-16-9-15(33)10-22(34)36-16/h1-4,6,8,11-12,15-16,33H,5,7,9-10,13H2,(H,27,28,29)/t15-,16-/m1/s1. The van der Waals surface area contributed by atoms with Crippen molar-refractivity contribution < 1.29 is 27.9 Å². The predicted molar refractivity (Wildman–Crippen MR) is 122 cm³/mol. The SMILES string of the molecule is O=C1C[C@H](O)C[C@@H](CCNc2nc(-c3cc(-c4ccon4)n(Cc4ccccc4F)n3)ncc2F)O1. The van der Waals surface area contributed by atoms with Gasteiger partial charge in [0, 0.05) is 31.0 Å². The zero-order valence-electron chi connectivity index (χ0n) is 19.0. The Morgan fingerprint density at radius 1 is 1.17 bits per heavy atom. The van der Waals surface area contributed by atoms with Crippen LogP contribution in [0.25, 0.3) is 22.9 Å². The number of hydrogen-bond acceptors (Lipinski definition) is 9. The minimum atomic E-state index is -0.739. The summed E-state index contributed by atoms with van der Waals surface area (Å²) >= 11 is 0. The fourth-order valence-electron chi connectivity index (χ4n) is 3.99. The molecule has 0 amide bonds. The second-order valence-corrected chi connectivity index (χ2v) is 8.36. The fraction of sp³-hybridized carbons (Fsp3) is 0.292. The van der Waals surface area contributed by atoms with Gasteiger partial charge >= 0.3 is 5.97 Å². The van der Waals surface area contributed by atoms with Crippen LogP contribution in [0.15, 0.2) is 53.4 Å². The van der Waals surface area contributed by atoms with Gasteiger partial charge in [0.25, 0.3) is 0 Å².